The number of alkyl halides is 3. The molecule has 1 N–H and O–H groups in total. The van der Waals surface area contributed by atoms with Gasteiger partial charge in [-0.25, -0.2) is 10.1 Å². The summed E-state index contributed by atoms with van der Waals surface area (Å²) in [6.45, 7) is 0. The van der Waals surface area contributed by atoms with Gasteiger partial charge in [-0.2, -0.15) is 13.2 Å². The Kier molecular flexibility index (Phi) is 2.16. The summed E-state index contributed by atoms with van der Waals surface area (Å²) in [5.74, 6) is -2.59. The minimum atomic E-state index is -5.20. The van der Waals surface area contributed by atoms with Crippen molar-refractivity contribution in [2.75, 3.05) is 0 Å². The van der Waals surface area contributed by atoms with E-state index in [1.807, 2.05) is 0 Å². The van der Waals surface area contributed by atoms with Crippen molar-refractivity contribution in [1.29, 1.82) is 0 Å². The number of hydrogen-bond acceptors (Lipinski definition) is 3. The van der Waals surface area contributed by atoms with Gasteiger partial charge in [0.1, 0.15) is 0 Å². The van der Waals surface area contributed by atoms with Crippen LogP contribution in [0, 0.1) is 10.1 Å². The van der Waals surface area contributed by atoms with Crippen molar-refractivity contribution in [2.45, 2.75) is 6.18 Å². The molecule has 0 bridgehead atoms. The number of nitro groups is 1. The molecule has 0 unspecified atom stereocenters. The first kappa shape index (κ1) is 8.66. The Labute approximate surface area is 51.9 Å². The lowest BCUT2D eigenvalue weighted by molar-refractivity contribution is -0.532. The maximum atomic E-state index is 11.1. The summed E-state index contributed by atoms with van der Waals surface area (Å²) in [4.78, 5) is 18.8. The van der Waals surface area contributed by atoms with Gasteiger partial charge in [-0.05, 0) is 0 Å². The average Bonchev–Trinajstić information content (AvgIpc) is 1.60. The summed E-state index contributed by atoms with van der Waals surface area (Å²) in [6.07, 6.45) is -5.20. The summed E-state index contributed by atoms with van der Waals surface area (Å²) >= 11 is 0. The summed E-state index contributed by atoms with van der Waals surface area (Å²) in [5, 5.41) is 7.66. The van der Waals surface area contributed by atoms with Gasteiger partial charge in [0.2, 0.25) is 0 Å². The fourth-order valence-corrected chi connectivity index (χ4v) is 0.146. The maximum Gasteiger partial charge on any atom is 0.476 e. The second kappa shape index (κ2) is 2.50. The zero-order chi connectivity index (χ0) is 8.36. The van der Waals surface area contributed by atoms with Gasteiger partial charge >= 0.3 is 12.1 Å². The van der Waals surface area contributed by atoms with E-state index >= 15 is 0 Å². The molecule has 0 rings (SSSR count). The highest BCUT2D eigenvalue weighted by molar-refractivity contribution is 5.80. The SMILES string of the molecule is O=C(N[N+](=O)[O-])C(F)(F)F. The molecular weight excluding hydrogens is 157 g/mol. The Morgan fingerprint density at radius 3 is 2.00 bits per heavy atom. The Balaban J connectivity index is 3.99. The number of hydrazine groups is 1. The molecule has 58 valence electrons. The van der Waals surface area contributed by atoms with Crippen LogP contribution in [0.1, 0.15) is 0 Å². The zero-order valence-electron chi connectivity index (χ0n) is 4.31. The van der Waals surface area contributed by atoms with Gasteiger partial charge in [0.15, 0.2) is 5.03 Å². The van der Waals surface area contributed by atoms with E-state index in [1.54, 1.807) is 0 Å². The van der Waals surface area contributed by atoms with Crippen molar-refractivity contribution < 1.29 is 23.0 Å². The Bertz CT molecular complexity index is 164. The number of nitrogens with zero attached hydrogens (tertiary/aromatic N) is 1. The molecule has 0 aliphatic rings. The predicted octanol–water partition coefficient (Wildman–Crippen LogP) is -0.143. The Morgan fingerprint density at radius 2 is 1.90 bits per heavy atom. The summed E-state index contributed by atoms with van der Waals surface area (Å²) in [7, 11) is 0. The van der Waals surface area contributed by atoms with Crippen molar-refractivity contribution >= 4 is 5.91 Å². The van der Waals surface area contributed by atoms with Crippen LogP contribution >= 0.6 is 0 Å². The van der Waals surface area contributed by atoms with E-state index in [9.17, 15) is 28.1 Å². The molecule has 1 amide bonds. The van der Waals surface area contributed by atoms with Gasteiger partial charge in [0.25, 0.3) is 0 Å². The first-order valence-electron chi connectivity index (χ1n) is 1.86. The lowest BCUT2D eigenvalue weighted by Crippen LogP contribution is -2.40. The van der Waals surface area contributed by atoms with Gasteiger partial charge in [-0.3, -0.25) is 4.79 Å². The lowest BCUT2D eigenvalue weighted by atomic mass is 10.6. The van der Waals surface area contributed by atoms with Crippen LogP contribution in [0.15, 0.2) is 0 Å². The number of carbonyl (C=O) groups excluding carboxylic acids is 1. The standard InChI is InChI=1S/C2HF3N2O3/c3-2(4,5)1(8)6-7(9)10/h(H,6,8). The second-order valence-electron chi connectivity index (χ2n) is 1.20. The van der Waals surface area contributed by atoms with Crippen LogP contribution < -0.4 is 5.43 Å². The third kappa shape index (κ3) is 2.84. The monoisotopic (exact) mass is 158 g/mol. The Hall–Kier alpha value is -1.34. The third-order valence-electron chi connectivity index (χ3n) is 0.450. The fourth-order valence-electron chi connectivity index (χ4n) is 0.146. The average molecular weight is 158 g/mol. The number of amides is 1. The van der Waals surface area contributed by atoms with Crippen LogP contribution in [-0.2, 0) is 4.79 Å². The van der Waals surface area contributed by atoms with Gasteiger partial charge in [-0.1, -0.05) is 5.43 Å². The number of halogens is 3. The molecule has 0 aromatic rings. The molecule has 0 saturated carbocycles. The van der Waals surface area contributed by atoms with E-state index in [0.717, 1.165) is 0 Å². The summed E-state index contributed by atoms with van der Waals surface area (Å²) in [6, 6.07) is 0. The quantitative estimate of drug-likeness (QED) is 0.426. The molecule has 0 fully saturated rings. The molecule has 0 aliphatic carbocycles. The summed E-state index contributed by atoms with van der Waals surface area (Å²) < 4.78 is 33.3. The molecule has 10 heavy (non-hydrogen) atoms. The lowest BCUT2D eigenvalue weighted by Gasteiger charge is -1.99. The normalized spacial score (nSPS) is 10.7. The van der Waals surface area contributed by atoms with Crippen LogP contribution in [0.25, 0.3) is 0 Å². The van der Waals surface area contributed by atoms with Gasteiger partial charge < -0.3 is 0 Å². The molecule has 0 aliphatic heterocycles. The molecule has 0 spiro atoms. The molecule has 8 heteroatoms. The largest absolute Gasteiger partial charge is 0.476 e. The molecule has 0 aromatic carbocycles. The first-order valence-corrected chi connectivity index (χ1v) is 1.86. The Morgan fingerprint density at radius 1 is 1.50 bits per heavy atom. The number of carbonyl (C=O) groups is 1. The maximum absolute atomic E-state index is 11.1. The van der Waals surface area contributed by atoms with Gasteiger partial charge in [0, 0.05) is 0 Å². The fraction of sp³-hybridized carbons (Fsp3) is 0.500. The van der Waals surface area contributed by atoms with E-state index in [-0.39, 0.29) is 0 Å². The highest BCUT2D eigenvalue weighted by Crippen LogP contribution is 2.13. The number of hydrogen-bond donors (Lipinski definition) is 1. The topological polar surface area (TPSA) is 72.2 Å². The van der Waals surface area contributed by atoms with E-state index in [1.165, 1.54) is 0 Å². The molecular formula is C2HF3N2O3. The van der Waals surface area contributed by atoms with Crippen LogP contribution in [0.4, 0.5) is 13.2 Å². The molecule has 0 radical (unpaired) electrons. The van der Waals surface area contributed by atoms with E-state index < -0.39 is 17.1 Å². The van der Waals surface area contributed by atoms with Gasteiger partial charge in [0.05, 0.1) is 0 Å². The van der Waals surface area contributed by atoms with E-state index in [4.69, 9.17) is 0 Å². The van der Waals surface area contributed by atoms with Crippen molar-refractivity contribution in [2.24, 2.45) is 0 Å². The first-order chi connectivity index (χ1) is 4.34. The molecule has 0 saturated heterocycles. The van der Waals surface area contributed by atoms with Crippen molar-refractivity contribution in [1.82, 2.24) is 5.43 Å². The summed E-state index contributed by atoms with van der Waals surface area (Å²) in [5.41, 5.74) is 0.441. The third-order valence-corrected chi connectivity index (χ3v) is 0.450. The molecule has 5 nitrogen and oxygen atoms in total. The van der Waals surface area contributed by atoms with E-state index in [0.29, 0.717) is 5.43 Å². The van der Waals surface area contributed by atoms with Crippen molar-refractivity contribution in [3.8, 4) is 0 Å². The number of rotatable bonds is 1. The zero-order valence-corrected chi connectivity index (χ0v) is 4.31. The second-order valence-corrected chi connectivity index (χ2v) is 1.20. The van der Waals surface area contributed by atoms with Crippen LogP contribution in [0.2, 0.25) is 0 Å². The van der Waals surface area contributed by atoms with Crippen LogP contribution in [-0.4, -0.2) is 17.1 Å². The minimum absolute atomic E-state index is 0.441. The molecule has 0 atom stereocenters. The highest BCUT2D eigenvalue weighted by atomic mass is 19.4. The van der Waals surface area contributed by atoms with Crippen molar-refractivity contribution in [3.63, 3.8) is 0 Å². The molecule has 0 heterocycles. The molecule has 0 aromatic heterocycles. The smallest absolute Gasteiger partial charge is 0.258 e. The highest BCUT2D eigenvalue weighted by Gasteiger charge is 2.41. The van der Waals surface area contributed by atoms with Gasteiger partial charge in [-0.15, -0.1) is 0 Å². The van der Waals surface area contributed by atoms with E-state index in [2.05, 4.69) is 0 Å². The number of nitrogens with one attached hydrogen (secondary N) is 1. The predicted molar refractivity (Wildman–Crippen MR) is 21.2 cm³/mol. The van der Waals surface area contributed by atoms with Crippen LogP contribution in [0.3, 0.4) is 0 Å². The minimum Gasteiger partial charge on any atom is -0.258 e. The van der Waals surface area contributed by atoms with Crippen molar-refractivity contribution in [3.05, 3.63) is 10.1 Å². The van der Waals surface area contributed by atoms with Crippen LogP contribution in [0.5, 0.6) is 0 Å².